The van der Waals surface area contributed by atoms with Crippen molar-refractivity contribution in [1.82, 2.24) is 0 Å². The highest BCUT2D eigenvalue weighted by atomic mass is 35.5. The third-order valence-corrected chi connectivity index (χ3v) is 3.41. The lowest BCUT2D eigenvalue weighted by Gasteiger charge is -2.13. The Morgan fingerprint density at radius 2 is 1.71 bits per heavy atom. The van der Waals surface area contributed by atoms with Crippen molar-refractivity contribution < 1.29 is 14.3 Å². The standard InChI is InChI=1S/C16H12Cl2O3/c1-10(15(19)11-5-3-2-4-6-11)21-16(20)13-8-7-12(17)9-14(13)18/h2-10H,1H3. The average molecular weight is 323 g/mol. The number of carbonyl (C=O) groups is 2. The van der Waals surface area contributed by atoms with Gasteiger partial charge in [0.1, 0.15) is 0 Å². The van der Waals surface area contributed by atoms with Gasteiger partial charge in [0.25, 0.3) is 0 Å². The smallest absolute Gasteiger partial charge is 0.340 e. The molecule has 5 heteroatoms. The highest BCUT2D eigenvalue weighted by Gasteiger charge is 2.21. The fourth-order valence-corrected chi connectivity index (χ4v) is 2.26. The van der Waals surface area contributed by atoms with E-state index >= 15 is 0 Å². The van der Waals surface area contributed by atoms with Gasteiger partial charge in [-0.05, 0) is 25.1 Å². The Kier molecular flexibility index (Phi) is 4.99. The van der Waals surface area contributed by atoms with Gasteiger partial charge in [-0.3, -0.25) is 4.79 Å². The summed E-state index contributed by atoms with van der Waals surface area (Å²) in [4.78, 5) is 24.1. The van der Waals surface area contributed by atoms with Gasteiger partial charge < -0.3 is 4.74 Å². The van der Waals surface area contributed by atoms with Gasteiger partial charge in [-0.15, -0.1) is 0 Å². The van der Waals surface area contributed by atoms with Gasteiger partial charge >= 0.3 is 5.97 Å². The molecule has 0 N–H and O–H groups in total. The van der Waals surface area contributed by atoms with E-state index in [9.17, 15) is 9.59 Å². The summed E-state index contributed by atoms with van der Waals surface area (Å²) in [6.07, 6.45) is -0.897. The zero-order valence-electron chi connectivity index (χ0n) is 11.2. The van der Waals surface area contributed by atoms with Crippen molar-refractivity contribution in [2.75, 3.05) is 0 Å². The van der Waals surface area contributed by atoms with Crippen molar-refractivity contribution in [2.45, 2.75) is 13.0 Å². The van der Waals surface area contributed by atoms with Gasteiger partial charge in [-0.1, -0.05) is 53.5 Å². The number of halogens is 2. The number of carbonyl (C=O) groups excluding carboxylic acids is 2. The normalized spacial score (nSPS) is 11.8. The lowest BCUT2D eigenvalue weighted by Crippen LogP contribution is -2.24. The van der Waals surface area contributed by atoms with Gasteiger partial charge in [0.05, 0.1) is 10.6 Å². The quantitative estimate of drug-likeness (QED) is 0.618. The largest absolute Gasteiger partial charge is 0.451 e. The first-order chi connectivity index (χ1) is 9.99. The predicted octanol–water partition coefficient (Wildman–Crippen LogP) is 4.42. The van der Waals surface area contributed by atoms with Crippen LogP contribution in [0.5, 0.6) is 0 Å². The molecular formula is C16H12Cl2O3. The molecule has 0 spiro atoms. The summed E-state index contributed by atoms with van der Waals surface area (Å²) in [7, 11) is 0. The molecule has 2 aromatic rings. The Bertz CT molecular complexity index is 668. The maximum Gasteiger partial charge on any atom is 0.340 e. The molecule has 1 atom stereocenters. The first-order valence-corrected chi connectivity index (χ1v) is 7.00. The van der Waals surface area contributed by atoms with Crippen LogP contribution < -0.4 is 0 Å². The average Bonchev–Trinajstić information content (AvgIpc) is 2.47. The van der Waals surface area contributed by atoms with Crippen LogP contribution in [0.3, 0.4) is 0 Å². The topological polar surface area (TPSA) is 43.4 Å². The molecule has 0 aliphatic heterocycles. The van der Waals surface area contributed by atoms with E-state index in [0.717, 1.165) is 0 Å². The molecule has 1 unspecified atom stereocenters. The predicted molar refractivity (Wildman–Crippen MR) is 82.1 cm³/mol. The first-order valence-electron chi connectivity index (χ1n) is 6.24. The molecule has 21 heavy (non-hydrogen) atoms. The highest BCUT2D eigenvalue weighted by Crippen LogP contribution is 2.22. The summed E-state index contributed by atoms with van der Waals surface area (Å²) in [5.41, 5.74) is 0.661. The summed E-state index contributed by atoms with van der Waals surface area (Å²) in [5, 5.41) is 0.608. The molecule has 0 aliphatic rings. The molecule has 0 fully saturated rings. The number of rotatable bonds is 4. The minimum Gasteiger partial charge on any atom is -0.451 e. The van der Waals surface area contributed by atoms with E-state index in [0.29, 0.717) is 10.6 Å². The monoisotopic (exact) mass is 322 g/mol. The second kappa shape index (κ2) is 6.74. The minimum atomic E-state index is -0.897. The Morgan fingerprint density at radius 1 is 1.05 bits per heavy atom. The van der Waals surface area contributed by atoms with Crippen LogP contribution in [0.4, 0.5) is 0 Å². The maximum atomic E-state index is 12.1. The Morgan fingerprint density at radius 3 is 2.33 bits per heavy atom. The molecule has 0 saturated heterocycles. The first kappa shape index (κ1) is 15.5. The van der Waals surface area contributed by atoms with Gasteiger partial charge in [0.15, 0.2) is 6.10 Å². The molecule has 0 radical (unpaired) electrons. The van der Waals surface area contributed by atoms with Crippen LogP contribution in [0.25, 0.3) is 0 Å². The van der Waals surface area contributed by atoms with E-state index in [4.69, 9.17) is 27.9 Å². The van der Waals surface area contributed by atoms with Crippen LogP contribution in [0.15, 0.2) is 48.5 Å². The third-order valence-electron chi connectivity index (χ3n) is 2.86. The summed E-state index contributed by atoms with van der Waals surface area (Å²) < 4.78 is 5.16. The van der Waals surface area contributed by atoms with Crippen LogP contribution >= 0.6 is 23.2 Å². The molecule has 2 rings (SSSR count). The molecule has 0 aromatic heterocycles. The summed E-state index contributed by atoms with van der Waals surface area (Å²) in [5.74, 6) is -0.928. The van der Waals surface area contributed by atoms with Crippen LogP contribution in [0.1, 0.15) is 27.6 Å². The fourth-order valence-electron chi connectivity index (χ4n) is 1.77. The summed E-state index contributed by atoms with van der Waals surface area (Å²) >= 11 is 11.7. The molecule has 2 aromatic carbocycles. The maximum absolute atomic E-state index is 12.1. The van der Waals surface area contributed by atoms with Crippen molar-refractivity contribution >= 4 is 35.0 Å². The summed E-state index contributed by atoms with van der Waals surface area (Å²) in [6, 6.07) is 13.1. The second-order valence-electron chi connectivity index (χ2n) is 4.40. The third kappa shape index (κ3) is 3.84. The van der Waals surface area contributed by atoms with Crippen molar-refractivity contribution in [2.24, 2.45) is 0 Å². The molecule has 0 bridgehead atoms. The fraction of sp³-hybridized carbons (Fsp3) is 0.125. The molecule has 3 nitrogen and oxygen atoms in total. The number of hydrogen-bond acceptors (Lipinski definition) is 3. The number of ether oxygens (including phenoxy) is 1. The van der Waals surface area contributed by atoms with Crippen molar-refractivity contribution in [3.63, 3.8) is 0 Å². The Labute approximate surface area is 132 Å². The van der Waals surface area contributed by atoms with Gasteiger partial charge in [0.2, 0.25) is 5.78 Å². The van der Waals surface area contributed by atoms with Crippen LogP contribution in [-0.4, -0.2) is 17.9 Å². The van der Waals surface area contributed by atoms with E-state index in [1.807, 2.05) is 0 Å². The minimum absolute atomic E-state index is 0.175. The molecule has 0 aliphatic carbocycles. The van der Waals surface area contributed by atoms with Gasteiger partial charge in [0, 0.05) is 10.6 Å². The van der Waals surface area contributed by atoms with Crippen molar-refractivity contribution in [3.8, 4) is 0 Å². The van der Waals surface area contributed by atoms with Gasteiger partial charge in [-0.25, -0.2) is 4.79 Å². The van der Waals surface area contributed by atoms with Crippen LogP contribution in [0, 0.1) is 0 Å². The molecule has 0 saturated carbocycles. The zero-order chi connectivity index (χ0) is 15.4. The van der Waals surface area contributed by atoms with Crippen molar-refractivity contribution in [1.29, 1.82) is 0 Å². The van der Waals surface area contributed by atoms with Crippen LogP contribution in [0.2, 0.25) is 10.0 Å². The van der Waals surface area contributed by atoms with Gasteiger partial charge in [-0.2, -0.15) is 0 Å². The van der Waals surface area contributed by atoms with E-state index in [1.165, 1.54) is 25.1 Å². The number of benzene rings is 2. The Hall–Kier alpha value is -1.84. The Balaban J connectivity index is 2.10. The van der Waals surface area contributed by atoms with E-state index < -0.39 is 12.1 Å². The number of esters is 1. The molecule has 0 heterocycles. The van der Waals surface area contributed by atoms with E-state index in [1.54, 1.807) is 30.3 Å². The van der Waals surface area contributed by atoms with E-state index in [-0.39, 0.29) is 16.4 Å². The summed E-state index contributed by atoms with van der Waals surface area (Å²) in [6.45, 7) is 1.52. The second-order valence-corrected chi connectivity index (χ2v) is 5.25. The van der Waals surface area contributed by atoms with E-state index in [2.05, 4.69) is 0 Å². The molecular weight excluding hydrogens is 311 g/mol. The van der Waals surface area contributed by atoms with Crippen molar-refractivity contribution in [3.05, 3.63) is 69.7 Å². The highest BCUT2D eigenvalue weighted by molar-refractivity contribution is 6.36. The lowest BCUT2D eigenvalue weighted by atomic mass is 10.1. The SMILES string of the molecule is CC(OC(=O)c1ccc(Cl)cc1Cl)C(=O)c1ccccc1. The number of Topliss-reactive ketones (excluding diaryl/α,β-unsaturated/α-hetero) is 1. The number of hydrogen-bond donors (Lipinski definition) is 0. The number of ketones is 1. The molecule has 0 amide bonds. The van der Waals surface area contributed by atoms with Crippen LogP contribution in [-0.2, 0) is 4.74 Å². The lowest BCUT2D eigenvalue weighted by molar-refractivity contribution is 0.0319. The zero-order valence-corrected chi connectivity index (χ0v) is 12.7. The molecule has 108 valence electrons.